The highest BCUT2D eigenvalue weighted by Crippen LogP contribution is 2.42. The lowest BCUT2D eigenvalue weighted by molar-refractivity contribution is -0.384. The van der Waals surface area contributed by atoms with Gasteiger partial charge in [0.1, 0.15) is 5.84 Å². The third kappa shape index (κ3) is 5.41. The third-order valence-electron chi connectivity index (χ3n) is 7.38. The molecule has 2 aliphatic rings. The Hall–Kier alpha value is -3.35. The number of non-ortho nitro benzene ring substituents is 1. The molecule has 0 aliphatic carbocycles. The number of amides is 3. The lowest BCUT2D eigenvalue weighted by atomic mass is 9.91. The number of nitrogens with zero attached hydrogens (tertiary/aromatic N) is 6. The minimum absolute atomic E-state index is 0.00963. The number of fused-ring (bicyclic) bond motifs is 1. The van der Waals surface area contributed by atoms with Crippen molar-refractivity contribution in [3.8, 4) is 0 Å². The lowest BCUT2D eigenvalue weighted by Gasteiger charge is -2.51. The number of imide groups is 1. The van der Waals surface area contributed by atoms with Gasteiger partial charge >= 0.3 is 6.03 Å². The Morgan fingerprint density at radius 1 is 1.15 bits per heavy atom. The number of aliphatic hydroxyl groups excluding tert-OH is 1. The molecule has 2 aliphatic heterocycles. The van der Waals surface area contributed by atoms with E-state index in [0.29, 0.717) is 57.7 Å². The summed E-state index contributed by atoms with van der Waals surface area (Å²) in [5, 5.41) is 26.8. The van der Waals surface area contributed by atoms with Crippen LogP contribution in [0.1, 0.15) is 44.1 Å². The Kier molecular flexibility index (Phi) is 8.98. The number of nitro groups is 1. The fourth-order valence-corrected chi connectivity index (χ4v) is 6.20. The van der Waals surface area contributed by atoms with Crippen LogP contribution >= 0.6 is 11.3 Å². The molecule has 0 bridgehead atoms. The van der Waals surface area contributed by atoms with Crippen LogP contribution < -0.4 is 0 Å². The predicted octanol–water partition coefficient (Wildman–Crippen LogP) is 3.53. The summed E-state index contributed by atoms with van der Waals surface area (Å²) in [6, 6.07) is 9.19. The molecule has 210 valence electrons. The summed E-state index contributed by atoms with van der Waals surface area (Å²) in [6.45, 7) is 7.23. The molecule has 2 aromatic rings. The lowest BCUT2D eigenvalue weighted by Crippen LogP contribution is -2.74. The van der Waals surface area contributed by atoms with Crippen LogP contribution in [0.15, 0.2) is 46.8 Å². The van der Waals surface area contributed by atoms with Crippen LogP contribution in [0, 0.1) is 10.1 Å². The van der Waals surface area contributed by atoms with Gasteiger partial charge in [-0.25, -0.2) is 14.8 Å². The Labute approximate surface area is 232 Å². The second kappa shape index (κ2) is 12.2. The second-order valence-corrected chi connectivity index (χ2v) is 10.7. The van der Waals surface area contributed by atoms with Gasteiger partial charge in [-0.2, -0.15) is 0 Å². The normalized spacial score (nSPS) is 21.1. The van der Waals surface area contributed by atoms with Crippen LogP contribution in [0.2, 0.25) is 0 Å². The van der Waals surface area contributed by atoms with Crippen LogP contribution in [-0.4, -0.2) is 92.1 Å². The fourth-order valence-electron chi connectivity index (χ4n) is 5.50. The number of hydrogen-bond donors (Lipinski definition) is 1. The Bertz CT molecular complexity index is 1200. The van der Waals surface area contributed by atoms with Gasteiger partial charge in [0.05, 0.1) is 11.5 Å². The van der Waals surface area contributed by atoms with E-state index < -0.39 is 16.6 Å². The zero-order valence-electron chi connectivity index (χ0n) is 22.7. The standard InChI is InChI=1S/C27H36N6O5S/c1-4-14-30-25(35)24-27(5-2,31(26(30)36)15-13-20-9-11-21(12-10-20)33(37)38)28-23(19-22-8-7-18-39-22)32(24)29(6-3)16-17-34/h7-12,18,24,34H,4-6,13-17,19H2,1-3H3. The van der Waals surface area contributed by atoms with Gasteiger partial charge in [-0.1, -0.05) is 39.0 Å². The number of aliphatic hydroxyl groups is 1. The minimum Gasteiger partial charge on any atom is -0.395 e. The van der Waals surface area contributed by atoms with Crippen molar-refractivity contribution in [3.63, 3.8) is 0 Å². The highest BCUT2D eigenvalue weighted by atomic mass is 32.1. The SMILES string of the molecule is CCCN1C(=O)C2N(N(CC)CCO)C(Cc3cccs3)=NC2(CC)N(CCc2ccc([N+](=O)[O-])cc2)C1=O. The molecule has 39 heavy (non-hydrogen) atoms. The van der Waals surface area contributed by atoms with E-state index in [9.17, 15) is 24.8 Å². The maximum Gasteiger partial charge on any atom is 0.328 e. The van der Waals surface area contributed by atoms with Crippen molar-refractivity contribution in [2.75, 3.05) is 32.8 Å². The highest BCUT2D eigenvalue weighted by molar-refractivity contribution is 7.10. The molecule has 1 fully saturated rings. The molecule has 1 aromatic heterocycles. The molecule has 0 saturated carbocycles. The molecule has 0 radical (unpaired) electrons. The van der Waals surface area contributed by atoms with Crippen LogP contribution in [0.25, 0.3) is 0 Å². The number of hydrogen-bond acceptors (Lipinski definition) is 9. The topological polar surface area (TPSA) is 123 Å². The van der Waals surface area contributed by atoms with E-state index in [2.05, 4.69) is 0 Å². The van der Waals surface area contributed by atoms with E-state index in [-0.39, 0.29) is 24.2 Å². The molecule has 4 rings (SSSR count). The number of carbonyl (C=O) groups excluding carboxylic acids is 2. The zero-order valence-corrected chi connectivity index (χ0v) is 23.5. The molecule has 11 nitrogen and oxygen atoms in total. The van der Waals surface area contributed by atoms with Crippen molar-refractivity contribution in [2.24, 2.45) is 4.99 Å². The minimum atomic E-state index is -1.12. The Morgan fingerprint density at radius 2 is 1.90 bits per heavy atom. The number of nitro benzene ring substituents is 1. The van der Waals surface area contributed by atoms with Gasteiger partial charge in [-0.3, -0.25) is 29.7 Å². The van der Waals surface area contributed by atoms with Gasteiger partial charge in [0.25, 0.3) is 11.6 Å². The average molecular weight is 557 g/mol. The first-order valence-corrected chi connectivity index (χ1v) is 14.3. The summed E-state index contributed by atoms with van der Waals surface area (Å²) in [5.41, 5.74) is -0.257. The fraction of sp³-hybridized carbons (Fsp3) is 0.519. The van der Waals surface area contributed by atoms with Crippen LogP contribution in [-0.2, 0) is 17.6 Å². The smallest absolute Gasteiger partial charge is 0.328 e. The molecule has 1 saturated heterocycles. The van der Waals surface area contributed by atoms with Gasteiger partial charge in [-0.05, 0) is 36.3 Å². The van der Waals surface area contributed by atoms with E-state index in [1.165, 1.54) is 17.0 Å². The van der Waals surface area contributed by atoms with Crippen molar-refractivity contribution >= 4 is 34.8 Å². The molecule has 2 unspecified atom stereocenters. The predicted molar refractivity (Wildman–Crippen MR) is 149 cm³/mol. The van der Waals surface area contributed by atoms with Crippen LogP contribution in [0.3, 0.4) is 0 Å². The van der Waals surface area contributed by atoms with Gasteiger partial charge in [0, 0.05) is 49.6 Å². The number of thiophene rings is 1. The molecule has 0 spiro atoms. The molecule has 2 atom stereocenters. The first kappa shape index (κ1) is 28.7. The Morgan fingerprint density at radius 3 is 2.46 bits per heavy atom. The number of likely N-dealkylation sites (N-methyl/N-ethyl adjacent to an activating group) is 1. The maximum absolute atomic E-state index is 14.1. The van der Waals surface area contributed by atoms with Crippen molar-refractivity contribution < 1.29 is 19.6 Å². The number of benzene rings is 1. The highest BCUT2D eigenvalue weighted by Gasteiger charge is 2.62. The number of aliphatic imine (C=N–C) groups is 1. The van der Waals surface area contributed by atoms with Gasteiger partial charge in [0.2, 0.25) is 0 Å². The van der Waals surface area contributed by atoms with Gasteiger partial charge < -0.3 is 5.11 Å². The summed E-state index contributed by atoms with van der Waals surface area (Å²) in [6.07, 6.45) is 2.01. The summed E-state index contributed by atoms with van der Waals surface area (Å²) >= 11 is 1.61. The Balaban J connectivity index is 1.77. The van der Waals surface area contributed by atoms with Gasteiger partial charge in [-0.15, -0.1) is 11.3 Å². The number of hydrazine groups is 1. The summed E-state index contributed by atoms with van der Waals surface area (Å²) in [4.78, 5) is 47.9. The number of urea groups is 1. The third-order valence-corrected chi connectivity index (χ3v) is 8.25. The second-order valence-electron chi connectivity index (χ2n) is 9.63. The summed E-state index contributed by atoms with van der Waals surface area (Å²) in [7, 11) is 0. The van der Waals surface area contributed by atoms with E-state index in [1.54, 1.807) is 28.4 Å². The van der Waals surface area contributed by atoms with Crippen molar-refractivity contribution in [2.45, 2.75) is 58.2 Å². The van der Waals surface area contributed by atoms with Gasteiger partial charge in [0.15, 0.2) is 11.7 Å². The molecule has 1 aromatic carbocycles. The quantitative estimate of drug-likeness (QED) is 0.296. The summed E-state index contributed by atoms with van der Waals surface area (Å²) in [5.74, 6) is 0.413. The largest absolute Gasteiger partial charge is 0.395 e. The number of amidine groups is 1. The average Bonchev–Trinajstić information content (AvgIpc) is 3.56. The number of carbonyl (C=O) groups is 2. The molecule has 3 heterocycles. The first-order valence-electron chi connectivity index (χ1n) is 13.4. The first-order chi connectivity index (χ1) is 18.8. The zero-order chi connectivity index (χ0) is 28.2. The van der Waals surface area contributed by atoms with Crippen molar-refractivity contribution in [3.05, 3.63) is 62.3 Å². The van der Waals surface area contributed by atoms with E-state index in [4.69, 9.17) is 4.99 Å². The van der Waals surface area contributed by atoms with E-state index in [0.717, 1.165) is 10.4 Å². The van der Waals surface area contributed by atoms with E-state index >= 15 is 0 Å². The van der Waals surface area contributed by atoms with E-state index in [1.807, 2.05) is 48.3 Å². The monoisotopic (exact) mass is 556 g/mol. The van der Waals surface area contributed by atoms with Crippen LogP contribution in [0.5, 0.6) is 0 Å². The molecular formula is C27H36N6O5S. The summed E-state index contributed by atoms with van der Waals surface area (Å²) < 4.78 is 0. The van der Waals surface area contributed by atoms with Crippen molar-refractivity contribution in [1.82, 2.24) is 19.8 Å². The maximum atomic E-state index is 14.1. The molecule has 1 N–H and O–H groups in total. The number of rotatable bonds is 13. The van der Waals surface area contributed by atoms with Crippen LogP contribution in [0.4, 0.5) is 10.5 Å². The molecule has 3 amide bonds. The molecular weight excluding hydrogens is 520 g/mol. The molecule has 12 heteroatoms. The van der Waals surface area contributed by atoms with Crippen molar-refractivity contribution in [1.29, 1.82) is 0 Å².